The Morgan fingerprint density at radius 3 is 1.33 bits per heavy atom. The van der Waals surface area contributed by atoms with E-state index in [2.05, 4.69) is 208 Å². The monoisotopic (exact) mass is 806 g/mol. The van der Waals surface area contributed by atoms with Gasteiger partial charge in [-0.25, -0.2) is 4.98 Å². The molecule has 0 N–H and O–H groups in total. The van der Waals surface area contributed by atoms with Gasteiger partial charge in [-0.1, -0.05) is 152 Å². The lowest BCUT2D eigenvalue weighted by atomic mass is 10.0. The summed E-state index contributed by atoms with van der Waals surface area (Å²) in [4.78, 5) is 17.8. The first-order chi connectivity index (χ1) is 31.2. The van der Waals surface area contributed by atoms with Crippen LogP contribution < -0.4 is 4.90 Å². The van der Waals surface area contributed by atoms with Crippen LogP contribution in [0.4, 0.5) is 17.1 Å². The number of aromatic nitrogens is 5. The van der Waals surface area contributed by atoms with Gasteiger partial charge in [0.05, 0.1) is 22.1 Å². The zero-order valence-corrected chi connectivity index (χ0v) is 34.1. The number of hydrogen-bond donors (Lipinski definition) is 0. The highest BCUT2D eigenvalue weighted by Crippen LogP contribution is 2.42. The molecule has 0 fully saturated rings. The van der Waals surface area contributed by atoms with Crippen LogP contribution in [0.2, 0.25) is 0 Å². The number of fused-ring (bicyclic) bond motifs is 6. The van der Waals surface area contributed by atoms with Crippen LogP contribution in [0.25, 0.3) is 89.2 Å². The van der Waals surface area contributed by atoms with E-state index in [4.69, 9.17) is 15.0 Å². The molecule has 12 aromatic rings. The minimum absolute atomic E-state index is 0.563. The minimum atomic E-state index is 0.563. The maximum Gasteiger partial charge on any atom is 0.238 e. The van der Waals surface area contributed by atoms with Crippen LogP contribution in [-0.4, -0.2) is 24.1 Å². The molecule has 6 heteroatoms. The first-order valence-corrected chi connectivity index (χ1v) is 21.2. The largest absolute Gasteiger partial charge is 0.311 e. The summed E-state index contributed by atoms with van der Waals surface area (Å²) in [5, 5.41) is 4.56. The van der Waals surface area contributed by atoms with Gasteiger partial charge >= 0.3 is 0 Å². The van der Waals surface area contributed by atoms with E-state index in [0.29, 0.717) is 17.6 Å². The van der Waals surface area contributed by atoms with Crippen molar-refractivity contribution in [3.05, 3.63) is 231 Å². The summed E-state index contributed by atoms with van der Waals surface area (Å²) in [7, 11) is 0. The average molecular weight is 807 g/mol. The van der Waals surface area contributed by atoms with Crippen molar-refractivity contribution in [2.45, 2.75) is 0 Å². The van der Waals surface area contributed by atoms with Crippen molar-refractivity contribution >= 4 is 60.7 Å². The fraction of sp³-hybridized carbons (Fsp3) is 0. The molecule has 0 amide bonds. The van der Waals surface area contributed by atoms with Gasteiger partial charge in [-0.05, 0) is 90.0 Å². The summed E-state index contributed by atoms with van der Waals surface area (Å²) < 4.78 is 4.61. The lowest BCUT2D eigenvalue weighted by molar-refractivity contribution is 0.954. The maximum atomic E-state index is 5.25. The Morgan fingerprint density at radius 2 is 0.730 bits per heavy atom. The Labute approximate surface area is 364 Å². The Balaban J connectivity index is 1.10. The van der Waals surface area contributed by atoms with Crippen molar-refractivity contribution in [3.8, 4) is 45.5 Å². The van der Waals surface area contributed by atoms with E-state index in [1.807, 2.05) is 36.4 Å². The van der Waals surface area contributed by atoms with Crippen LogP contribution in [-0.2, 0) is 0 Å². The molecule has 0 spiro atoms. The Hall–Kier alpha value is -8.61. The Morgan fingerprint density at radius 1 is 0.286 bits per heavy atom. The molecular weight excluding hydrogens is 769 g/mol. The molecule has 0 unspecified atom stereocenters. The maximum absolute atomic E-state index is 5.25. The van der Waals surface area contributed by atoms with Crippen LogP contribution in [0.5, 0.6) is 0 Å². The van der Waals surface area contributed by atoms with Gasteiger partial charge < -0.3 is 9.47 Å². The number of hydrogen-bond acceptors (Lipinski definition) is 4. The van der Waals surface area contributed by atoms with E-state index in [1.54, 1.807) is 0 Å². The third kappa shape index (κ3) is 6.32. The fourth-order valence-electron chi connectivity index (χ4n) is 9.03. The second-order valence-corrected chi connectivity index (χ2v) is 15.7. The average Bonchev–Trinajstić information content (AvgIpc) is 3.86. The van der Waals surface area contributed by atoms with Gasteiger partial charge in [0.15, 0.2) is 11.6 Å². The van der Waals surface area contributed by atoms with Gasteiger partial charge in [0.25, 0.3) is 0 Å². The van der Waals surface area contributed by atoms with Gasteiger partial charge in [0, 0.05) is 55.4 Å². The van der Waals surface area contributed by atoms with Crippen molar-refractivity contribution in [1.82, 2.24) is 24.1 Å². The standard InChI is InChI=1S/C57H38N6/c1-6-18-40(19-7-1)55-58-56(41-20-8-2-9-21-41)60-57(59-55)63-52-35-32-42(39-30-33-46(34-31-39)61(43-22-10-3-11-23-43)44-24-12-4-13-25-44)36-48(52)50-38-53-49(37-54(50)63)47-28-16-17-29-51(47)62(53)45-26-14-5-15-27-45/h1-38H. The van der Waals surface area contributed by atoms with E-state index in [-0.39, 0.29) is 0 Å². The molecule has 3 heterocycles. The molecule has 6 nitrogen and oxygen atoms in total. The zero-order valence-electron chi connectivity index (χ0n) is 34.1. The normalized spacial score (nSPS) is 11.5. The SMILES string of the molecule is c1ccc(-c2nc(-c3ccccc3)nc(-n3c4ccc(-c5ccc(N(c6ccccc6)c6ccccc6)cc5)cc4c4cc5c(cc43)c3ccccc3n5-c3ccccc3)n2)cc1. The van der Waals surface area contributed by atoms with Crippen molar-refractivity contribution in [3.63, 3.8) is 0 Å². The molecule has 0 radical (unpaired) electrons. The smallest absolute Gasteiger partial charge is 0.238 e. The minimum Gasteiger partial charge on any atom is -0.311 e. The second kappa shape index (κ2) is 15.1. The van der Waals surface area contributed by atoms with Crippen molar-refractivity contribution < 1.29 is 0 Å². The summed E-state index contributed by atoms with van der Waals surface area (Å²) in [6.45, 7) is 0. The third-order valence-electron chi connectivity index (χ3n) is 11.9. The van der Waals surface area contributed by atoms with Gasteiger partial charge in [0.1, 0.15) is 0 Å². The van der Waals surface area contributed by atoms with Crippen molar-refractivity contribution in [1.29, 1.82) is 0 Å². The highest BCUT2D eigenvalue weighted by molar-refractivity contribution is 6.19. The number of anilines is 3. The molecule has 3 aromatic heterocycles. The first-order valence-electron chi connectivity index (χ1n) is 21.2. The summed E-state index contributed by atoms with van der Waals surface area (Å²) in [6.07, 6.45) is 0. The van der Waals surface area contributed by atoms with Crippen LogP contribution >= 0.6 is 0 Å². The second-order valence-electron chi connectivity index (χ2n) is 15.7. The number of benzene rings is 9. The molecular formula is C57H38N6. The van der Waals surface area contributed by atoms with Crippen LogP contribution in [0.15, 0.2) is 231 Å². The lowest BCUT2D eigenvalue weighted by Crippen LogP contribution is -2.09. The highest BCUT2D eigenvalue weighted by atomic mass is 15.2. The number of rotatable bonds is 8. The Bertz CT molecular complexity index is 3490. The molecule has 12 rings (SSSR count). The van der Waals surface area contributed by atoms with E-state index >= 15 is 0 Å². The predicted molar refractivity (Wildman–Crippen MR) is 259 cm³/mol. The van der Waals surface area contributed by atoms with Gasteiger partial charge in [-0.2, -0.15) is 9.97 Å². The first kappa shape index (κ1) is 36.3. The van der Waals surface area contributed by atoms with Crippen LogP contribution in [0.3, 0.4) is 0 Å². The summed E-state index contributed by atoms with van der Waals surface area (Å²) in [6, 6.07) is 81.0. The summed E-state index contributed by atoms with van der Waals surface area (Å²) in [5.41, 5.74) is 12.8. The molecule has 296 valence electrons. The summed E-state index contributed by atoms with van der Waals surface area (Å²) >= 11 is 0. The number of para-hydroxylation sites is 4. The zero-order chi connectivity index (χ0) is 41.7. The fourth-order valence-corrected chi connectivity index (χ4v) is 9.03. The van der Waals surface area contributed by atoms with E-state index in [1.165, 1.54) is 5.39 Å². The van der Waals surface area contributed by atoms with Crippen molar-refractivity contribution in [2.24, 2.45) is 0 Å². The molecule has 0 aliphatic carbocycles. The topological polar surface area (TPSA) is 51.8 Å². The molecule has 0 aliphatic rings. The van der Waals surface area contributed by atoms with Gasteiger partial charge in [0.2, 0.25) is 5.95 Å². The quantitative estimate of drug-likeness (QED) is 0.153. The van der Waals surface area contributed by atoms with Crippen molar-refractivity contribution in [2.75, 3.05) is 4.90 Å². The Kier molecular flexibility index (Phi) is 8.71. The predicted octanol–water partition coefficient (Wildman–Crippen LogP) is 14.5. The molecule has 9 aromatic carbocycles. The van der Waals surface area contributed by atoms with Gasteiger partial charge in [-0.3, -0.25) is 4.57 Å². The third-order valence-corrected chi connectivity index (χ3v) is 11.9. The van der Waals surface area contributed by atoms with E-state index in [9.17, 15) is 0 Å². The highest BCUT2D eigenvalue weighted by Gasteiger charge is 2.22. The van der Waals surface area contributed by atoms with Crippen LogP contribution in [0, 0.1) is 0 Å². The number of nitrogens with zero attached hydrogens (tertiary/aromatic N) is 6. The lowest BCUT2D eigenvalue weighted by Gasteiger charge is -2.25. The molecule has 0 aliphatic heterocycles. The molecule has 0 atom stereocenters. The molecule has 0 saturated carbocycles. The van der Waals surface area contributed by atoms with E-state index in [0.717, 1.165) is 83.2 Å². The molecule has 0 bridgehead atoms. The summed E-state index contributed by atoms with van der Waals surface area (Å²) in [5.74, 6) is 1.80. The van der Waals surface area contributed by atoms with Gasteiger partial charge in [-0.15, -0.1) is 0 Å². The van der Waals surface area contributed by atoms with Crippen LogP contribution in [0.1, 0.15) is 0 Å². The van der Waals surface area contributed by atoms with E-state index < -0.39 is 0 Å². The molecule has 0 saturated heterocycles. The molecule has 63 heavy (non-hydrogen) atoms.